The summed E-state index contributed by atoms with van der Waals surface area (Å²) < 4.78 is 6.99. The minimum Gasteiger partial charge on any atom is -0.454 e. The van der Waals surface area contributed by atoms with Gasteiger partial charge in [0, 0.05) is 17.1 Å². The maximum atomic E-state index is 13.3. The molecule has 0 saturated carbocycles. The number of ether oxygens (including phenoxy) is 1. The van der Waals surface area contributed by atoms with Crippen LogP contribution in [0.2, 0.25) is 0 Å². The fourth-order valence-corrected chi connectivity index (χ4v) is 4.51. The Labute approximate surface area is 196 Å². The monoisotopic (exact) mass is 453 g/mol. The molecular formula is C27H23N3O4. The van der Waals surface area contributed by atoms with Gasteiger partial charge in [-0.05, 0) is 42.2 Å². The quantitative estimate of drug-likeness (QED) is 0.466. The second kappa shape index (κ2) is 8.86. The van der Waals surface area contributed by atoms with E-state index in [1.807, 2.05) is 54.6 Å². The molecule has 0 aliphatic carbocycles. The topological polar surface area (TPSA) is 94.6 Å². The van der Waals surface area contributed by atoms with Crippen LogP contribution in [-0.4, -0.2) is 29.0 Å². The summed E-state index contributed by atoms with van der Waals surface area (Å²) in [6, 6.07) is 22.7. The van der Waals surface area contributed by atoms with Crippen molar-refractivity contribution in [1.82, 2.24) is 4.57 Å². The first-order valence-corrected chi connectivity index (χ1v) is 11.0. The summed E-state index contributed by atoms with van der Waals surface area (Å²) in [4.78, 5) is 39.4. The molecule has 7 heteroatoms. The number of primary amides is 1. The van der Waals surface area contributed by atoms with Crippen molar-refractivity contribution < 1.29 is 19.1 Å². The Bertz CT molecular complexity index is 1370. The number of hydrogen-bond acceptors (Lipinski definition) is 4. The average Bonchev–Trinajstić information content (AvgIpc) is 3.12. The number of anilines is 2. The van der Waals surface area contributed by atoms with Crippen LogP contribution >= 0.6 is 0 Å². The summed E-state index contributed by atoms with van der Waals surface area (Å²) in [5, 5.41) is 0.664. The molecule has 170 valence electrons. The molecular weight excluding hydrogens is 430 g/mol. The number of esters is 1. The summed E-state index contributed by atoms with van der Waals surface area (Å²) >= 11 is 0. The fraction of sp³-hybridized carbons (Fsp3) is 0.148. The number of carbonyl (C=O) groups is 3. The number of hydrogen-bond donors (Lipinski definition) is 1. The van der Waals surface area contributed by atoms with Crippen LogP contribution in [-0.2, 0) is 33.7 Å². The summed E-state index contributed by atoms with van der Waals surface area (Å²) in [5.41, 5.74) is 10.2. The maximum absolute atomic E-state index is 13.3. The van der Waals surface area contributed by atoms with E-state index in [9.17, 15) is 14.4 Å². The second-order valence-corrected chi connectivity index (χ2v) is 8.20. The minimum absolute atomic E-state index is 0.145. The van der Waals surface area contributed by atoms with Gasteiger partial charge in [0.1, 0.15) is 6.54 Å². The third-order valence-electron chi connectivity index (χ3n) is 6.09. The number of aryl methyl sites for hydroxylation is 2. The van der Waals surface area contributed by atoms with Gasteiger partial charge in [-0.15, -0.1) is 0 Å². The molecule has 0 fully saturated rings. The van der Waals surface area contributed by atoms with Gasteiger partial charge >= 0.3 is 5.97 Å². The van der Waals surface area contributed by atoms with Crippen molar-refractivity contribution in [3.8, 4) is 0 Å². The molecule has 0 atom stereocenters. The molecule has 4 aromatic rings. The normalized spacial score (nSPS) is 12.5. The number of benzene rings is 3. The predicted molar refractivity (Wildman–Crippen MR) is 129 cm³/mol. The molecule has 0 saturated heterocycles. The molecule has 7 nitrogen and oxygen atoms in total. The molecule has 5 rings (SSSR count). The Kier molecular flexibility index (Phi) is 5.59. The van der Waals surface area contributed by atoms with E-state index < -0.39 is 18.5 Å². The first kappa shape index (κ1) is 21.5. The molecule has 0 radical (unpaired) electrons. The number of para-hydroxylation sites is 3. The van der Waals surface area contributed by atoms with Gasteiger partial charge in [0.2, 0.25) is 0 Å². The fourth-order valence-electron chi connectivity index (χ4n) is 4.51. The van der Waals surface area contributed by atoms with Crippen molar-refractivity contribution in [3.63, 3.8) is 0 Å². The second-order valence-electron chi connectivity index (χ2n) is 8.20. The van der Waals surface area contributed by atoms with Crippen LogP contribution < -0.4 is 10.6 Å². The number of amides is 2. The largest absolute Gasteiger partial charge is 0.454 e. The van der Waals surface area contributed by atoms with Gasteiger partial charge < -0.3 is 15.0 Å². The molecule has 2 heterocycles. The molecule has 3 aromatic carbocycles. The molecule has 1 aromatic heterocycles. The van der Waals surface area contributed by atoms with Gasteiger partial charge in [-0.2, -0.15) is 0 Å². The van der Waals surface area contributed by atoms with E-state index in [1.165, 1.54) is 6.20 Å². The lowest BCUT2D eigenvalue weighted by molar-refractivity contribution is -0.148. The van der Waals surface area contributed by atoms with Crippen LogP contribution in [0.3, 0.4) is 0 Å². The zero-order valence-electron chi connectivity index (χ0n) is 18.4. The zero-order valence-corrected chi connectivity index (χ0v) is 18.4. The maximum Gasteiger partial charge on any atom is 0.326 e. The number of carbonyl (C=O) groups excluding carboxylic acids is 3. The van der Waals surface area contributed by atoms with Gasteiger partial charge in [-0.25, -0.2) is 0 Å². The summed E-state index contributed by atoms with van der Waals surface area (Å²) in [5.74, 6) is -1.48. The van der Waals surface area contributed by atoms with E-state index in [4.69, 9.17) is 10.5 Å². The molecule has 2 N–H and O–H groups in total. The van der Waals surface area contributed by atoms with Crippen molar-refractivity contribution in [2.45, 2.75) is 19.4 Å². The van der Waals surface area contributed by atoms with Gasteiger partial charge in [0.25, 0.3) is 11.8 Å². The van der Waals surface area contributed by atoms with Crippen molar-refractivity contribution >= 4 is 40.1 Å². The molecule has 0 spiro atoms. The third kappa shape index (κ3) is 3.92. The van der Waals surface area contributed by atoms with Gasteiger partial charge in [-0.1, -0.05) is 54.6 Å². The zero-order chi connectivity index (χ0) is 23.7. The Morgan fingerprint density at radius 3 is 2.06 bits per heavy atom. The van der Waals surface area contributed by atoms with Crippen molar-refractivity contribution in [3.05, 3.63) is 95.7 Å². The standard InChI is InChI=1S/C27H23N3O4/c28-27(33)21-15-29(24-12-6-3-9-20(21)24)16-26(32)34-17-25(31)30-22-10-4-1-7-18(22)13-14-19-8-2-5-11-23(19)30/h1-12,15H,13-14,16-17H2,(H2,28,33). The average molecular weight is 453 g/mol. The Morgan fingerprint density at radius 1 is 0.824 bits per heavy atom. The SMILES string of the molecule is NC(=O)c1cn(CC(=O)OCC(=O)N2c3ccccc3CCc3ccccc32)c2ccccc12. The van der Waals surface area contributed by atoms with Crippen LogP contribution in [0.5, 0.6) is 0 Å². The number of fused-ring (bicyclic) bond motifs is 3. The number of nitrogens with two attached hydrogens (primary N) is 1. The smallest absolute Gasteiger partial charge is 0.326 e. The molecule has 0 bridgehead atoms. The van der Waals surface area contributed by atoms with E-state index in [0.29, 0.717) is 16.5 Å². The minimum atomic E-state index is -0.582. The summed E-state index contributed by atoms with van der Waals surface area (Å²) in [6.45, 7) is -0.544. The Hall–Kier alpha value is -4.39. The lowest BCUT2D eigenvalue weighted by atomic mass is 10.0. The molecule has 0 unspecified atom stereocenters. The Balaban J connectivity index is 1.36. The highest BCUT2D eigenvalue weighted by molar-refractivity contribution is 6.06. The number of aromatic nitrogens is 1. The summed E-state index contributed by atoms with van der Waals surface area (Å²) in [6.07, 6.45) is 3.18. The lowest BCUT2D eigenvalue weighted by Crippen LogP contribution is -2.32. The van der Waals surface area contributed by atoms with Crippen LogP contribution in [0.15, 0.2) is 79.0 Å². The Morgan fingerprint density at radius 2 is 1.41 bits per heavy atom. The highest BCUT2D eigenvalue weighted by atomic mass is 16.5. The van der Waals surface area contributed by atoms with Crippen LogP contribution in [0.4, 0.5) is 11.4 Å². The number of nitrogens with zero attached hydrogens (tertiary/aromatic N) is 2. The van der Waals surface area contributed by atoms with E-state index in [1.54, 1.807) is 27.7 Å². The molecule has 34 heavy (non-hydrogen) atoms. The third-order valence-corrected chi connectivity index (χ3v) is 6.09. The van der Waals surface area contributed by atoms with Crippen LogP contribution in [0, 0.1) is 0 Å². The van der Waals surface area contributed by atoms with Crippen LogP contribution in [0.25, 0.3) is 10.9 Å². The van der Waals surface area contributed by atoms with Crippen LogP contribution in [0.1, 0.15) is 21.5 Å². The van der Waals surface area contributed by atoms with Crippen molar-refractivity contribution in [1.29, 1.82) is 0 Å². The first-order chi connectivity index (χ1) is 16.5. The van der Waals surface area contributed by atoms with E-state index >= 15 is 0 Å². The lowest BCUT2D eigenvalue weighted by Gasteiger charge is -2.24. The molecule has 2 amide bonds. The van der Waals surface area contributed by atoms with Crippen molar-refractivity contribution in [2.75, 3.05) is 11.5 Å². The number of rotatable bonds is 5. The van der Waals surface area contributed by atoms with Crippen molar-refractivity contribution in [2.24, 2.45) is 5.73 Å². The molecule has 1 aliphatic heterocycles. The van der Waals surface area contributed by atoms with Gasteiger partial charge in [-0.3, -0.25) is 19.3 Å². The predicted octanol–water partition coefficient (Wildman–Crippen LogP) is 3.75. The highest BCUT2D eigenvalue weighted by Crippen LogP contribution is 2.36. The highest BCUT2D eigenvalue weighted by Gasteiger charge is 2.26. The van der Waals surface area contributed by atoms with Gasteiger partial charge in [0.15, 0.2) is 6.61 Å². The molecule has 1 aliphatic rings. The van der Waals surface area contributed by atoms with E-state index in [0.717, 1.165) is 35.3 Å². The first-order valence-electron chi connectivity index (χ1n) is 11.0. The van der Waals surface area contributed by atoms with E-state index in [-0.39, 0.29) is 12.5 Å². The van der Waals surface area contributed by atoms with Gasteiger partial charge in [0.05, 0.1) is 16.9 Å². The summed E-state index contributed by atoms with van der Waals surface area (Å²) in [7, 11) is 0. The van der Waals surface area contributed by atoms with E-state index in [2.05, 4.69) is 0 Å².